The minimum atomic E-state index is -0.117. The largest absolute Gasteiger partial charge is 0.437 e. The lowest BCUT2D eigenvalue weighted by atomic mass is 9.94. The maximum atomic E-state index is 13.1. The lowest BCUT2D eigenvalue weighted by Crippen LogP contribution is -2.39. The molecule has 0 spiro atoms. The van der Waals surface area contributed by atoms with Crippen molar-refractivity contribution in [1.29, 1.82) is 0 Å². The number of fused-ring (bicyclic) bond motifs is 2. The molecule has 7 heteroatoms. The van der Waals surface area contributed by atoms with E-state index in [-0.39, 0.29) is 24.7 Å². The van der Waals surface area contributed by atoms with E-state index in [9.17, 15) is 9.59 Å². The van der Waals surface area contributed by atoms with Crippen molar-refractivity contribution in [2.75, 3.05) is 25.0 Å². The van der Waals surface area contributed by atoms with Gasteiger partial charge in [0.15, 0.2) is 0 Å². The fourth-order valence-electron chi connectivity index (χ4n) is 4.50. The van der Waals surface area contributed by atoms with E-state index in [0.29, 0.717) is 36.4 Å². The number of carbonyl (C=O) groups excluding carboxylic acids is 2. The van der Waals surface area contributed by atoms with Crippen molar-refractivity contribution < 1.29 is 14.3 Å². The second kappa shape index (κ2) is 10.6. The maximum Gasteiger partial charge on any atom is 0.243 e. The van der Waals surface area contributed by atoms with E-state index in [4.69, 9.17) is 4.74 Å². The van der Waals surface area contributed by atoms with Crippen molar-refractivity contribution in [2.45, 2.75) is 57.5 Å². The number of ether oxygens (including phenoxy) is 1. The molecule has 0 bridgehead atoms. The molecule has 1 aromatic carbocycles. The number of carbonyl (C=O) groups is 2. The molecule has 2 aromatic rings. The Morgan fingerprint density at radius 2 is 1.94 bits per heavy atom. The fraction of sp³-hybridized carbons (Fsp3) is 0.480. The Morgan fingerprint density at radius 3 is 2.78 bits per heavy atom. The van der Waals surface area contributed by atoms with E-state index in [1.807, 2.05) is 30.3 Å². The highest BCUT2D eigenvalue weighted by Gasteiger charge is 2.26. The average molecular weight is 437 g/mol. The molecule has 1 saturated carbocycles. The number of nitrogens with zero attached hydrogens (tertiary/aromatic N) is 3. The zero-order valence-electron chi connectivity index (χ0n) is 18.8. The second-order valence-electron chi connectivity index (χ2n) is 8.64. The van der Waals surface area contributed by atoms with Crippen LogP contribution in [-0.4, -0.2) is 47.9 Å². The summed E-state index contributed by atoms with van der Waals surface area (Å²) in [5.41, 5.74) is 1.54. The van der Waals surface area contributed by atoms with E-state index < -0.39 is 0 Å². The highest BCUT2D eigenvalue weighted by molar-refractivity contribution is 5.96. The van der Waals surface area contributed by atoms with E-state index in [0.717, 1.165) is 12.1 Å². The van der Waals surface area contributed by atoms with Gasteiger partial charge in [0.05, 0.1) is 6.54 Å². The summed E-state index contributed by atoms with van der Waals surface area (Å²) in [6, 6.07) is 11.9. The summed E-state index contributed by atoms with van der Waals surface area (Å²) < 4.78 is 5.94. The molecular formula is C25H32N4O3. The number of rotatable bonds is 7. The van der Waals surface area contributed by atoms with Crippen LogP contribution in [0.2, 0.25) is 0 Å². The molecule has 1 aliphatic heterocycles. The van der Waals surface area contributed by atoms with Crippen molar-refractivity contribution in [3.05, 3.63) is 48.2 Å². The Labute approximate surface area is 189 Å². The highest BCUT2D eigenvalue weighted by Crippen LogP contribution is 2.37. The number of likely N-dealkylation sites (N-methyl/N-ethyl adjacent to an activating group) is 1. The highest BCUT2D eigenvalue weighted by atomic mass is 16.5. The van der Waals surface area contributed by atoms with E-state index in [1.165, 1.54) is 32.1 Å². The zero-order valence-corrected chi connectivity index (χ0v) is 18.8. The third-order valence-electron chi connectivity index (χ3n) is 6.40. The molecule has 7 nitrogen and oxygen atoms in total. The number of para-hydroxylation sites is 1. The second-order valence-corrected chi connectivity index (χ2v) is 8.64. The van der Waals surface area contributed by atoms with Gasteiger partial charge in [0.25, 0.3) is 0 Å². The van der Waals surface area contributed by atoms with E-state index in [2.05, 4.69) is 22.2 Å². The molecule has 1 N–H and O–H groups in total. The summed E-state index contributed by atoms with van der Waals surface area (Å²) in [7, 11) is 2.14. The molecule has 32 heavy (non-hydrogen) atoms. The molecule has 0 saturated heterocycles. The molecule has 4 rings (SSSR count). The van der Waals surface area contributed by atoms with Crippen LogP contribution in [0.3, 0.4) is 0 Å². The smallest absolute Gasteiger partial charge is 0.243 e. The summed E-state index contributed by atoms with van der Waals surface area (Å²) in [5.74, 6) is 0.894. The SMILES string of the molecule is CN(CCNC(=O)CCC(=O)N1Cc2ccccc2Oc2ncccc21)C1CCCCC1. The van der Waals surface area contributed by atoms with Crippen molar-refractivity contribution >= 4 is 17.5 Å². The molecule has 2 aliphatic rings. The Kier molecular flexibility index (Phi) is 7.37. The van der Waals surface area contributed by atoms with Gasteiger partial charge in [-0.2, -0.15) is 0 Å². The van der Waals surface area contributed by atoms with Crippen LogP contribution in [0.5, 0.6) is 11.6 Å². The number of pyridine rings is 1. The number of hydrogen-bond acceptors (Lipinski definition) is 5. The number of benzene rings is 1. The van der Waals surface area contributed by atoms with E-state index in [1.54, 1.807) is 17.2 Å². The fourth-order valence-corrected chi connectivity index (χ4v) is 4.50. The molecule has 170 valence electrons. The van der Waals surface area contributed by atoms with Gasteiger partial charge in [-0.15, -0.1) is 0 Å². The standard InChI is InChI=1S/C25H32N4O3/c1-28(20-9-3-2-4-10-20)17-16-26-23(30)13-14-24(31)29-18-19-8-5-6-12-22(19)32-25-21(29)11-7-15-27-25/h5-8,11-12,15,20H,2-4,9-10,13-14,16-18H2,1H3,(H,26,30). The Bertz CT molecular complexity index is 942. The van der Waals surface area contributed by atoms with Gasteiger partial charge >= 0.3 is 0 Å². The van der Waals surface area contributed by atoms with Crippen molar-refractivity contribution in [2.24, 2.45) is 0 Å². The van der Waals surface area contributed by atoms with Crippen LogP contribution in [0.25, 0.3) is 0 Å². The number of anilines is 1. The monoisotopic (exact) mass is 436 g/mol. The number of amides is 2. The van der Waals surface area contributed by atoms with Gasteiger partial charge in [0, 0.05) is 43.7 Å². The van der Waals surface area contributed by atoms with Crippen LogP contribution in [0, 0.1) is 0 Å². The van der Waals surface area contributed by atoms with Crippen LogP contribution >= 0.6 is 0 Å². The number of aromatic nitrogens is 1. The van der Waals surface area contributed by atoms with Gasteiger partial charge in [0.2, 0.25) is 17.7 Å². The maximum absolute atomic E-state index is 13.1. The first-order valence-corrected chi connectivity index (χ1v) is 11.6. The first kappa shape index (κ1) is 22.3. The van der Waals surface area contributed by atoms with Crippen LogP contribution in [0.4, 0.5) is 5.69 Å². The van der Waals surface area contributed by atoms with Gasteiger partial charge in [-0.05, 0) is 38.1 Å². The quantitative estimate of drug-likeness (QED) is 0.713. The lowest BCUT2D eigenvalue weighted by molar-refractivity contribution is -0.125. The lowest BCUT2D eigenvalue weighted by Gasteiger charge is -2.31. The van der Waals surface area contributed by atoms with Gasteiger partial charge < -0.3 is 19.9 Å². The van der Waals surface area contributed by atoms with E-state index >= 15 is 0 Å². The predicted octanol–water partition coefficient (Wildman–Crippen LogP) is 3.88. The Morgan fingerprint density at radius 1 is 1.12 bits per heavy atom. The molecule has 0 radical (unpaired) electrons. The van der Waals surface area contributed by atoms with Crippen LogP contribution < -0.4 is 15.0 Å². The van der Waals surface area contributed by atoms with Gasteiger partial charge in [-0.3, -0.25) is 9.59 Å². The Hall–Kier alpha value is -2.93. The van der Waals surface area contributed by atoms with Gasteiger partial charge in [-0.25, -0.2) is 4.98 Å². The minimum absolute atomic E-state index is 0.0896. The molecule has 1 aromatic heterocycles. The third-order valence-corrected chi connectivity index (χ3v) is 6.40. The van der Waals surface area contributed by atoms with Crippen LogP contribution in [0.15, 0.2) is 42.6 Å². The number of nitrogens with one attached hydrogen (secondary N) is 1. The minimum Gasteiger partial charge on any atom is -0.437 e. The first-order chi connectivity index (χ1) is 15.6. The average Bonchev–Trinajstić information content (AvgIpc) is 3.00. The summed E-state index contributed by atoms with van der Waals surface area (Å²) in [6.07, 6.45) is 8.39. The third kappa shape index (κ3) is 5.46. The van der Waals surface area contributed by atoms with Crippen molar-refractivity contribution in [3.8, 4) is 11.6 Å². The van der Waals surface area contributed by atoms with Crippen molar-refractivity contribution in [3.63, 3.8) is 0 Å². The van der Waals surface area contributed by atoms with Crippen LogP contribution in [0.1, 0.15) is 50.5 Å². The molecule has 1 aliphatic carbocycles. The van der Waals surface area contributed by atoms with Gasteiger partial charge in [0.1, 0.15) is 11.4 Å². The number of hydrogen-bond donors (Lipinski definition) is 1. The molecule has 0 atom stereocenters. The van der Waals surface area contributed by atoms with Crippen LogP contribution in [-0.2, 0) is 16.1 Å². The summed E-state index contributed by atoms with van der Waals surface area (Å²) in [5, 5.41) is 2.97. The summed E-state index contributed by atoms with van der Waals surface area (Å²) >= 11 is 0. The first-order valence-electron chi connectivity index (χ1n) is 11.6. The summed E-state index contributed by atoms with van der Waals surface area (Å²) in [4.78, 5) is 33.8. The van der Waals surface area contributed by atoms with Crippen molar-refractivity contribution in [1.82, 2.24) is 15.2 Å². The summed E-state index contributed by atoms with van der Waals surface area (Å²) in [6.45, 7) is 1.84. The van der Waals surface area contributed by atoms with Gasteiger partial charge in [-0.1, -0.05) is 37.5 Å². The molecule has 2 amide bonds. The molecule has 0 unspecified atom stereocenters. The predicted molar refractivity (Wildman–Crippen MR) is 124 cm³/mol. The molecule has 1 fully saturated rings. The Balaban J connectivity index is 1.30. The molecular weight excluding hydrogens is 404 g/mol. The molecule has 2 heterocycles. The zero-order chi connectivity index (χ0) is 22.3. The normalized spacial score (nSPS) is 16.0. The topological polar surface area (TPSA) is 74.8 Å².